The molecule has 2 heterocycles. The molecule has 0 bridgehead atoms. The quantitative estimate of drug-likeness (QED) is 0.656. The van der Waals surface area contributed by atoms with E-state index in [-0.39, 0.29) is 0 Å². The highest BCUT2D eigenvalue weighted by Crippen LogP contribution is 2.32. The van der Waals surface area contributed by atoms with Crippen molar-refractivity contribution < 1.29 is 23.8 Å². The number of carbonyl (C=O) groups excluding carboxylic acids is 2. The summed E-state index contributed by atoms with van der Waals surface area (Å²) >= 11 is 1.53. The number of benzene rings is 1. The standard InChI is InChI=1S/C18H17NO5S/c1-12(24-17(20)5-2-13-6-9-25-11-13)18(21)19-14-3-4-15-16(10-14)23-8-7-22-15/h2-6,9-12H,7-8H2,1H3,(H,19,21)/b5-2+/t12-/m1/s1. The average molecular weight is 359 g/mol. The molecule has 1 amide bonds. The van der Waals surface area contributed by atoms with Crippen LogP contribution in [0.2, 0.25) is 0 Å². The van der Waals surface area contributed by atoms with Crippen molar-refractivity contribution in [2.75, 3.05) is 18.5 Å². The molecule has 0 spiro atoms. The van der Waals surface area contributed by atoms with Crippen molar-refractivity contribution in [3.05, 3.63) is 46.7 Å². The minimum atomic E-state index is -0.923. The van der Waals surface area contributed by atoms with Gasteiger partial charge >= 0.3 is 5.97 Å². The van der Waals surface area contributed by atoms with Gasteiger partial charge in [0.05, 0.1) is 0 Å². The molecule has 1 aliphatic heterocycles. The number of fused-ring (bicyclic) bond motifs is 1. The van der Waals surface area contributed by atoms with Gasteiger partial charge in [-0.05, 0) is 47.5 Å². The Labute approximate surface area is 149 Å². The van der Waals surface area contributed by atoms with Gasteiger partial charge in [-0.25, -0.2) is 4.79 Å². The fourth-order valence-corrected chi connectivity index (χ4v) is 2.79. The first-order valence-corrected chi connectivity index (χ1v) is 8.67. The highest BCUT2D eigenvalue weighted by molar-refractivity contribution is 7.08. The molecule has 1 atom stereocenters. The third-order valence-electron chi connectivity index (χ3n) is 3.43. The second-order valence-electron chi connectivity index (χ2n) is 5.32. The van der Waals surface area contributed by atoms with Gasteiger partial charge in [0.25, 0.3) is 5.91 Å². The summed E-state index contributed by atoms with van der Waals surface area (Å²) in [5.41, 5.74) is 1.46. The molecule has 6 nitrogen and oxygen atoms in total. The molecule has 1 aromatic heterocycles. The van der Waals surface area contributed by atoms with Gasteiger partial charge in [-0.3, -0.25) is 4.79 Å². The second kappa shape index (κ2) is 7.85. The summed E-state index contributed by atoms with van der Waals surface area (Å²) in [5, 5.41) is 6.51. The SMILES string of the molecule is C[C@@H](OC(=O)/C=C/c1ccsc1)C(=O)Nc1ccc2c(c1)OCCO2. The third-order valence-corrected chi connectivity index (χ3v) is 4.13. The lowest BCUT2D eigenvalue weighted by atomic mass is 10.2. The Kier molecular flexibility index (Phi) is 5.35. The number of rotatable bonds is 5. The van der Waals surface area contributed by atoms with Crippen molar-refractivity contribution in [3.63, 3.8) is 0 Å². The largest absolute Gasteiger partial charge is 0.486 e. The van der Waals surface area contributed by atoms with Crippen molar-refractivity contribution in [2.24, 2.45) is 0 Å². The first-order chi connectivity index (χ1) is 12.1. The van der Waals surface area contributed by atoms with Crippen molar-refractivity contribution in [1.29, 1.82) is 0 Å². The van der Waals surface area contributed by atoms with Crippen LogP contribution < -0.4 is 14.8 Å². The van der Waals surface area contributed by atoms with Crippen LogP contribution in [0.5, 0.6) is 11.5 Å². The Hall–Kier alpha value is -2.80. The Bertz CT molecular complexity index is 785. The average Bonchev–Trinajstić information content (AvgIpc) is 3.13. The van der Waals surface area contributed by atoms with Crippen LogP contribution in [0.4, 0.5) is 5.69 Å². The zero-order valence-electron chi connectivity index (χ0n) is 13.6. The number of hydrogen-bond donors (Lipinski definition) is 1. The van der Waals surface area contributed by atoms with Crippen molar-refractivity contribution in [2.45, 2.75) is 13.0 Å². The van der Waals surface area contributed by atoms with Gasteiger partial charge in [-0.15, -0.1) is 0 Å². The smallest absolute Gasteiger partial charge is 0.331 e. The first kappa shape index (κ1) is 17.0. The van der Waals surface area contributed by atoms with Crippen LogP contribution >= 0.6 is 11.3 Å². The number of ether oxygens (including phenoxy) is 3. The van der Waals surface area contributed by atoms with Gasteiger partial charge in [-0.1, -0.05) is 0 Å². The van der Waals surface area contributed by atoms with E-state index in [2.05, 4.69) is 5.32 Å². The van der Waals surface area contributed by atoms with Gasteiger partial charge in [0.15, 0.2) is 17.6 Å². The Morgan fingerprint density at radius 2 is 2.04 bits per heavy atom. The Morgan fingerprint density at radius 3 is 2.80 bits per heavy atom. The van der Waals surface area contributed by atoms with E-state index in [1.165, 1.54) is 24.3 Å². The molecule has 0 fully saturated rings. The maximum atomic E-state index is 12.2. The van der Waals surface area contributed by atoms with Crippen molar-refractivity contribution in [1.82, 2.24) is 0 Å². The van der Waals surface area contributed by atoms with Crippen LogP contribution in [0.1, 0.15) is 12.5 Å². The molecule has 25 heavy (non-hydrogen) atoms. The van der Waals surface area contributed by atoms with E-state index in [1.807, 2.05) is 16.8 Å². The number of carbonyl (C=O) groups is 2. The molecule has 3 rings (SSSR count). The van der Waals surface area contributed by atoms with Gasteiger partial charge < -0.3 is 19.5 Å². The number of thiophene rings is 1. The van der Waals surface area contributed by atoms with Gasteiger partial charge in [-0.2, -0.15) is 11.3 Å². The van der Waals surface area contributed by atoms with Gasteiger partial charge in [0.1, 0.15) is 13.2 Å². The van der Waals surface area contributed by atoms with E-state index in [9.17, 15) is 9.59 Å². The Balaban J connectivity index is 1.54. The van der Waals surface area contributed by atoms with Crippen LogP contribution in [0.3, 0.4) is 0 Å². The number of anilines is 1. The molecule has 0 radical (unpaired) electrons. The molecule has 130 valence electrons. The lowest BCUT2D eigenvalue weighted by Crippen LogP contribution is -2.29. The zero-order chi connectivity index (χ0) is 17.6. The predicted molar refractivity (Wildman–Crippen MR) is 95.0 cm³/mol. The lowest BCUT2D eigenvalue weighted by Gasteiger charge is -2.19. The fraction of sp³-hybridized carbons (Fsp3) is 0.222. The second-order valence-corrected chi connectivity index (χ2v) is 6.10. The summed E-state index contributed by atoms with van der Waals surface area (Å²) in [7, 11) is 0. The molecule has 0 saturated carbocycles. The lowest BCUT2D eigenvalue weighted by molar-refractivity contribution is -0.148. The fourth-order valence-electron chi connectivity index (χ4n) is 2.17. The van der Waals surface area contributed by atoms with E-state index < -0.39 is 18.0 Å². The Morgan fingerprint density at radius 1 is 1.24 bits per heavy atom. The normalized spacial score (nSPS) is 14.1. The van der Waals surface area contributed by atoms with Crippen LogP contribution in [-0.4, -0.2) is 31.2 Å². The minimum Gasteiger partial charge on any atom is -0.486 e. The maximum absolute atomic E-state index is 12.2. The topological polar surface area (TPSA) is 73.9 Å². The van der Waals surface area contributed by atoms with Crippen LogP contribution in [0.15, 0.2) is 41.1 Å². The van der Waals surface area contributed by atoms with E-state index in [1.54, 1.807) is 24.3 Å². The van der Waals surface area contributed by atoms with E-state index >= 15 is 0 Å². The number of esters is 1. The molecule has 1 N–H and O–H groups in total. The monoisotopic (exact) mass is 359 g/mol. The van der Waals surface area contributed by atoms with Crippen molar-refractivity contribution in [3.8, 4) is 11.5 Å². The minimum absolute atomic E-state index is 0.422. The molecule has 7 heteroatoms. The molecule has 2 aromatic rings. The highest BCUT2D eigenvalue weighted by Gasteiger charge is 2.18. The summed E-state index contributed by atoms with van der Waals surface area (Å²) in [6.45, 7) is 2.49. The molecular formula is C18H17NO5S. The summed E-state index contributed by atoms with van der Waals surface area (Å²) in [6, 6.07) is 6.99. The highest BCUT2D eigenvalue weighted by atomic mass is 32.1. The van der Waals surface area contributed by atoms with E-state index in [4.69, 9.17) is 14.2 Å². The first-order valence-electron chi connectivity index (χ1n) is 7.73. The van der Waals surface area contributed by atoms with E-state index in [0.29, 0.717) is 30.4 Å². The number of nitrogens with one attached hydrogen (secondary N) is 1. The molecule has 0 unspecified atom stereocenters. The molecular weight excluding hydrogens is 342 g/mol. The number of amides is 1. The molecule has 1 aromatic carbocycles. The van der Waals surface area contributed by atoms with Gasteiger partial charge in [0, 0.05) is 17.8 Å². The summed E-state index contributed by atoms with van der Waals surface area (Å²) in [6.07, 6.45) is 2.02. The molecule has 0 saturated heterocycles. The van der Waals surface area contributed by atoms with Gasteiger partial charge in [0.2, 0.25) is 0 Å². The van der Waals surface area contributed by atoms with Crippen LogP contribution in [0, 0.1) is 0 Å². The van der Waals surface area contributed by atoms with Crippen LogP contribution in [-0.2, 0) is 14.3 Å². The van der Waals surface area contributed by atoms with E-state index in [0.717, 1.165) is 5.56 Å². The zero-order valence-corrected chi connectivity index (χ0v) is 14.4. The van der Waals surface area contributed by atoms with Crippen LogP contribution in [0.25, 0.3) is 6.08 Å². The number of hydrogen-bond acceptors (Lipinski definition) is 6. The van der Waals surface area contributed by atoms with Crippen molar-refractivity contribution >= 4 is 35.0 Å². The summed E-state index contributed by atoms with van der Waals surface area (Å²) < 4.78 is 16.0. The third kappa shape index (κ3) is 4.60. The summed E-state index contributed by atoms with van der Waals surface area (Å²) in [5.74, 6) is 0.222. The predicted octanol–water partition coefficient (Wildman–Crippen LogP) is 3.10. The summed E-state index contributed by atoms with van der Waals surface area (Å²) in [4.78, 5) is 23.9. The molecule has 0 aliphatic carbocycles. The maximum Gasteiger partial charge on any atom is 0.331 e. The molecule has 1 aliphatic rings.